The van der Waals surface area contributed by atoms with E-state index in [2.05, 4.69) is 4.98 Å². The highest BCUT2D eigenvalue weighted by Crippen LogP contribution is 2.37. The van der Waals surface area contributed by atoms with Crippen LogP contribution in [0.3, 0.4) is 0 Å². The Balaban J connectivity index is 2.00. The third-order valence-corrected chi connectivity index (χ3v) is 4.21. The molecule has 0 saturated carbocycles. The molecule has 1 fully saturated rings. The average Bonchev–Trinajstić information content (AvgIpc) is 2.85. The van der Waals surface area contributed by atoms with Crippen LogP contribution in [-0.4, -0.2) is 33.5 Å². The Bertz CT molecular complexity index is 588. The number of aromatic nitrogens is 1. The number of halogens is 1. The van der Waals surface area contributed by atoms with Crippen LogP contribution in [0, 0.1) is 5.82 Å². The standard InChI is InChI=1S/C12H12FNO3S/c1-5-9(15)10(16)11(17-5)12-14-7-4-6(13)2-3-8(7)18-12/h2-5,9-11,15-16H,1H3. The third kappa shape index (κ3) is 1.81. The first kappa shape index (κ1) is 12.0. The summed E-state index contributed by atoms with van der Waals surface area (Å²) in [5.41, 5.74) is 0.542. The first-order chi connectivity index (χ1) is 8.56. The van der Waals surface area contributed by atoms with E-state index in [1.807, 2.05) is 0 Å². The maximum atomic E-state index is 13.1. The number of benzene rings is 1. The van der Waals surface area contributed by atoms with Gasteiger partial charge in [0.25, 0.3) is 0 Å². The molecule has 1 aromatic heterocycles. The quantitative estimate of drug-likeness (QED) is 0.825. The zero-order valence-corrected chi connectivity index (χ0v) is 10.4. The zero-order chi connectivity index (χ0) is 12.9. The summed E-state index contributed by atoms with van der Waals surface area (Å²) in [6, 6.07) is 4.36. The number of nitrogens with zero attached hydrogens (tertiary/aromatic N) is 1. The van der Waals surface area contributed by atoms with Gasteiger partial charge in [-0.15, -0.1) is 11.3 Å². The van der Waals surface area contributed by atoms with E-state index in [0.717, 1.165) is 4.70 Å². The van der Waals surface area contributed by atoms with Crippen LogP contribution >= 0.6 is 11.3 Å². The number of rotatable bonds is 1. The topological polar surface area (TPSA) is 62.6 Å². The van der Waals surface area contributed by atoms with Crippen molar-refractivity contribution in [3.8, 4) is 0 Å². The van der Waals surface area contributed by atoms with Gasteiger partial charge >= 0.3 is 0 Å². The molecule has 2 aromatic rings. The molecule has 4 unspecified atom stereocenters. The lowest BCUT2D eigenvalue weighted by Gasteiger charge is -2.11. The van der Waals surface area contributed by atoms with Crippen molar-refractivity contribution in [3.63, 3.8) is 0 Å². The monoisotopic (exact) mass is 269 g/mol. The Morgan fingerprint density at radius 3 is 2.78 bits per heavy atom. The van der Waals surface area contributed by atoms with Gasteiger partial charge in [0.15, 0.2) is 0 Å². The molecule has 2 heterocycles. The van der Waals surface area contributed by atoms with Crippen LogP contribution in [0.15, 0.2) is 18.2 Å². The number of thiazole rings is 1. The van der Waals surface area contributed by atoms with Crippen molar-refractivity contribution in [3.05, 3.63) is 29.0 Å². The molecular formula is C12H12FNO3S. The Morgan fingerprint density at radius 1 is 1.33 bits per heavy atom. The largest absolute Gasteiger partial charge is 0.388 e. The van der Waals surface area contributed by atoms with Gasteiger partial charge in [-0.3, -0.25) is 0 Å². The van der Waals surface area contributed by atoms with Gasteiger partial charge in [-0.1, -0.05) is 0 Å². The van der Waals surface area contributed by atoms with Crippen molar-refractivity contribution in [2.75, 3.05) is 0 Å². The molecule has 6 heteroatoms. The van der Waals surface area contributed by atoms with Gasteiger partial charge in [0.05, 0.1) is 16.3 Å². The van der Waals surface area contributed by atoms with E-state index in [-0.39, 0.29) is 5.82 Å². The number of hydrogen-bond acceptors (Lipinski definition) is 5. The second-order valence-corrected chi connectivity index (χ2v) is 5.47. The van der Waals surface area contributed by atoms with Crippen LogP contribution in [-0.2, 0) is 4.74 Å². The molecule has 1 aliphatic heterocycles. The second-order valence-electron chi connectivity index (χ2n) is 4.41. The van der Waals surface area contributed by atoms with Crippen molar-refractivity contribution in [1.82, 2.24) is 4.98 Å². The Hall–Kier alpha value is -1.08. The first-order valence-corrected chi connectivity index (χ1v) is 6.45. The summed E-state index contributed by atoms with van der Waals surface area (Å²) in [6.07, 6.45) is -2.99. The molecule has 0 spiro atoms. The van der Waals surface area contributed by atoms with Crippen LogP contribution in [0.25, 0.3) is 10.2 Å². The van der Waals surface area contributed by atoms with E-state index < -0.39 is 24.4 Å². The predicted molar refractivity (Wildman–Crippen MR) is 64.9 cm³/mol. The fourth-order valence-corrected chi connectivity index (χ4v) is 3.12. The van der Waals surface area contributed by atoms with Crippen molar-refractivity contribution in [2.45, 2.75) is 31.3 Å². The Kier molecular flexibility index (Phi) is 2.82. The summed E-state index contributed by atoms with van der Waals surface area (Å²) in [5, 5.41) is 20.1. The minimum atomic E-state index is -0.995. The number of aliphatic hydroxyl groups is 2. The molecule has 0 bridgehead atoms. The maximum Gasteiger partial charge on any atom is 0.138 e. The van der Waals surface area contributed by atoms with Crippen LogP contribution < -0.4 is 0 Å². The van der Waals surface area contributed by atoms with Gasteiger partial charge in [-0.05, 0) is 19.1 Å². The predicted octanol–water partition coefficient (Wildman–Crippen LogP) is 1.62. The fourth-order valence-electron chi connectivity index (χ4n) is 2.09. The summed E-state index contributed by atoms with van der Waals surface area (Å²) < 4.78 is 19.4. The summed E-state index contributed by atoms with van der Waals surface area (Å²) in [6.45, 7) is 1.70. The summed E-state index contributed by atoms with van der Waals surface area (Å²) in [7, 11) is 0. The van der Waals surface area contributed by atoms with Gasteiger partial charge in [0.2, 0.25) is 0 Å². The molecule has 1 saturated heterocycles. The molecule has 1 aromatic carbocycles. The average molecular weight is 269 g/mol. The molecule has 0 aliphatic carbocycles. The lowest BCUT2D eigenvalue weighted by atomic mass is 10.1. The fraction of sp³-hybridized carbons (Fsp3) is 0.417. The lowest BCUT2D eigenvalue weighted by molar-refractivity contribution is 0.0151. The van der Waals surface area contributed by atoms with Gasteiger partial charge in [-0.2, -0.15) is 0 Å². The molecule has 0 amide bonds. The van der Waals surface area contributed by atoms with Crippen LogP contribution in [0.2, 0.25) is 0 Å². The molecule has 4 nitrogen and oxygen atoms in total. The van der Waals surface area contributed by atoms with Crippen LogP contribution in [0.4, 0.5) is 4.39 Å². The molecule has 96 valence electrons. The van der Waals surface area contributed by atoms with E-state index in [4.69, 9.17) is 4.74 Å². The molecule has 0 radical (unpaired) electrons. The molecule has 3 rings (SSSR count). The maximum absolute atomic E-state index is 13.1. The molecule has 1 aliphatic rings. The third-order valence-electron chi connectivity index (χ3n) is 3.11. The number of hydrogen-bond donors (Lipinski definition) is 2. The minimum absolute atomic E-state index is 0.347. The lowest BCUT2D eigenvalue weighted by Crippen LogP contribution is -2.28. The number of fused-ring (bicyclic) bond motifs is 1. The summed E-state index contributed by atoms with van der Waals surface area (Å²) in [4.78, 5) is 4.26. The SMILES string of the molecule is CC1OC(c2nc3cc(F)ccc3s2)C(O)C1O. The normalized spacial score (nSPS) is 32.2. The van der Waals surface area contributed by atoms with Crippen molar-refractivity contribution in [1.29, 1.82) is 0 Å². The number of ether oxygens (including phenoxy) is 1. The summed E-state index contributed by atoms with van der Waals surface area (Å²) in [5.74, 6) is -0.347. The first-order valence-electron chi connectivity index (χ1n) is 5.64. The van der Waals surface area contributed by atoms with E-state index in [1.165, 1.54) is 23.5 Å². The molecule has 2 N–H and O–H groups in total. The van der Waals surface area contributed by atoms with Gasteiger partial charge < -0.3 is 14.9 Å². The summed E-state index contributed by atoms with van der Waals surface area (Å²) >= 11 is 1.34. The second kappa shape index (κ2) is 4.24. The highest BCUT2D eigenvalue weighted by Gasteiger charge is 2.42. The van der Waals surface area contributed by atoms with Crippen LogP contribution in [0.1, 0.15) is 18.0 Å². The smallest absolute Gasteiger partial charge is 0.138 e. The van der Waals surface area contributed by atoms with Crippen molar-refractivity contribution < 1.29 is 19.3 Å². The van der Waals surface area contributed by atoms with Crippen molar-refractivity contribution in [2.24, 2.45) is 0 Å². The highest BCUT2D eigenvalue weighted by molar-refractivity contribution is 7.18. The van der Waals surface area contributed by atoms with E-state index in [1.54, 1.807) is 13.0 Å². The Labute approximate surface area is 107 Å². The zero-order valence-electron chi connectivity index (χ0n) is 9.58. The Morgan fingerprint density at radius 2 is 2.11 bits per heavy atom. The minimum Gasteiger partial charge on any atom is -0.388 e. The molecular weight excluding hydrogens is 257 g/mol. The van der Waals surface area contributed by atoms with E-state index in [0.29, 0.717) is 10.5 Å². The van der Waals surface area contributed by atoms with Gasteiger partial charge in [0.1, 0.15) is 29.1 Å². The van der Waals surface area contributed by atoms with E-state index in [9.17, 15) is 14.6 Å². The number of aliphatic hydroxyl groups excluding tert-OH is 2. The van der Waals surface area contributed by atoms with Crippen LogP contribution in [0.5, 0.6) is 0 Å². The van der Waals surface area contributed by atoms with Gasteiger partial charge in [-0.25, -0.2) is 9.37 Å². The molecule has 18 heavy (non-hydrogen) atoms. The van der Waals surface area contributed by atoms with Crippen molar-refractivity contribution >= 4 is 21.6 Å². The van der Waals surface area contributed by atoms with Gasteiger partial charge in [0, 0.05) is 6.07 Å². The highest BCUT2D eigenvalue weighted by atomic mass is 32.1. The molecule has 4 atom stereocenters. The van der Waals surface area contributed by atoms with E-state index >= 15 is 0 Å².